The third-order valence-corrected chi connectivity index (χ3v) is 5.82. The Hall–Kier alpha value is -0.870. The molecule has 0 spiro atoms. The Bertz CT molecular complexity index is 484. The molecule has 3 nitrogen and oxygen atoms in total. The molecule has 0 amide bonds. The lowest BCUT2D eigenvalue weighted by Crippen LogP contribution is -2.34. The highest BCUT2D eigenvalue weighted by Gasteiger charge is 2.32. The Morgan fingerprint density at radius 2 is 2.05 bits per heavy atom. The van der Waals surface area contributed by atoms with Crippen molar-refractivity contribution in [1.29, 1.82) is 0 Å². The summed E-state index contributed by atoms with van der Waals surface area (Å²) in [6, 6.07) is 10.8. The van der Waals surface area contributed by atoms with Crippen molar-refractivity contribution >= 4 is 9.84 Å². The highest BCUT2D eigenvalue weighted by atomic mass is 32.2. The van der Waals surface area contributed by atoms with Crippen molar-refractivity contribution in [2.24, 2.45) is 5.92 Å². The number of sulfone groups is 1. The van der Waals surface area contributed by atoms with Crippen LogP contribution in [0.25, 0.3) is 0 Å². The van der Waals surface area contributed by atoms with Crippen LogP contribution in [0, 0.1) is 5.92 Å². The maximum absolute atomic E-state index is 11.5. The van der Waals surface area contributed by atoms with E-state index in [1.165, 1.54) is 5.56 Å². The fourth-order valence-corrected chi connectivity index (χ4v) is 4.81. The molecule has 106 valence electrons. The van der Waals surface area contributed by atoms with E-state index in [4.69, 9.17) is 0 Å². The van der Waals surface area contributed by atoms with E-state index in [2.05, 4.69) is 29.6 Å². The molecule has 1 aromatic rings. The molecule has 0 bridgehead atoms. The zero-order valence-corrected chi connectivity index (χ0v) is 12.3. The van der Waals surface area contributed by atoms with E-state index in [1.54, 1.807) is 0 Å². The van der Waals surface area contributed by atoms with Crippen LogP contribution in [0.15, 0.2) is 30.3 Å². The summed E-state index contributed by atoms with van der Waals surface area (Å²) in [6.07, 6.45) is 4.04. The van der Waals surface area contributed by atoms with E-state index in [1.807, 2.05) is 13.1 Å². The Balaban J connectivity index is 1.80. The maximum Gasteiger partial charge on any atom is 0.150 e. The first kappa shape index (κ1) is 14.5. The van der Waals surface area contributed by atoms with Crippen LogP contribution in [0.5, 0.6) is 0 Å². The van der Waals surface area contributed by atoms with E-state index < -0.39 is 9.84 Å². The van der Waals surface area contributed by atoms with Gasteiger partial charge in [-0.2, -0.15) is 0 Å². The molecule has 2 unspecified atom stereocenters. The van der Waals surface area contributed by atoms with Gasteiger partial charge in [0.25, 0.3) is 0 Å². The zero-order valence-electron chi connectivity index (χ0n) is 11.5. The quantitative estimate of drug-likeness (QED) is 0.868. The smallest absolute Gasteiger partial charge is 0.150 e. The first-order valence-corrected chi connectivity index (χ1v) is 8.84. The van der Waals surface area contributed by atoms with Gasteiger partial charge in [-0.05, 0) is 44.2 Å². The Labute approximate surface area is 116 Å². The van der Waals surface area contributed by atoms with Gasteiger partial charge in [0, 0.05) is 6.04 Å². The molecule has 1 heterocycles. The number of hydrogen-bond donors (Lipinski definition) is 1. The van der Waals surface area contributed by atoms with Gasteiger partial charge in [0.05, 0.1) is 11.5 Å². The lowest BCUT2D eigenvalue weighted by atomic mass is 9.93. The summed E-state index contributed by atoms with van der Waals surface area (Å²) >= 11 is 0. The average molecular weight is 281 g/mol. The van der Waals surface area contributed by atoms with Crippen LogP contribution in [0.4, 0.5) is 0 Å². The number of rotatable bonds is 6. The predicted molar refractivity (Wildman–Crippen MR) is 79.0 cm³/mol. The zero-order chi connectivity index (χ0) is 13.7. The molecule has 1 fully saturated rings. The molecule has 4 heteroatoms. The summed E-state index contributed by atoms with van der Waals surface area (Å²) in [4.78, 5) is 0. The van der Waals surface area contributed by atoms with E-state index >= 15 is 0 Å². The topological polar surface area (TPSA) is 46.2 Å². The van der Waals surface area contributed by atoms with Crippen molar-refractivity contribution in [1.82, 2.24) is 5.32 Å². The van der Waals surface area contributed by atoms with Crippen molar-refractivity contribution in [2.75, 3.05) is 18.6 Å². The SMILES string of the molecule is CNC(CCCc1ccccc1)C1CCS(=O)(=O)C1. The standard InChI is InChI=1S/C15H23NO2S/c1-16-15(14-10-11-19(17,18)12-14)9-5-8-13-6-3-2-4-7-13/h2-4,6-7,14-16H,5,8-12H2,1H3. The number of nitrogens with one attached hydrogen (secondary N) is 1. The molecule has 1 aliphatic heterocycles. The van der Waals surface area contributed by atoms with Crippen molar-refractivity contribution in [3.63, 3.8) is 0 Å². The van der Waals surface area contributed by atoms with E-state index in [-0.39, 0.29) is 0 Å². The van der Waals surface area contributed by atoms with Crippen LogP contribution >= 0.6 is 0 Å². The predicted octanol–water partition coefficient (Wildman–Crippen LogP) is 2.03. The number of aryl methyl sites for hydroxylation is 1. The normalized spacial score (nSPS) is 23.3. The first-order chi connectivity index (χ1) is 9.11. The second-order valence-corrected chi connectivity index (χ2v) is 7.66. The Morgan fingerprint density at radius 3 is 2.63 bits per heavy atom. The minimum Gasteiger partial charge on any atom is -0.317 e. The van der Waals surface area contributed by atoms with E-state index in [0.29, 0.717) is 23.5 Å². The maximum atomic E-state index is 11.5. The van der Waals surface area contributed by atoms with Crippen molar-refractivity contribution in [2.45, 2.75) is 31.7 Å². The van der Waals surface area contributed by atoms with Gasteiger partial charge < -0.3 is 5.32 Å². The van der Waals surface area contributed by atoms with Gasteiger partial charge in [-0.25, -0.2) is 8.42 Å². The molecule has 0 saturated carbocycles. The summed E-state index contributed by atoms with van der Waals surface area (Å²) in [6.45, 7) is 0. The van der Waals surface area contributed by atoms with Crippen LogP contribution in [0.3, 0.4) is 0 Å². The average Bonchev–Trinajstić information content (AvgIpc) is 2.76. The molecule has 1 aromatic carbocycles. The van der Waals surface area contributed by atoms with Crippen LogP contribution in [0.1, 0.15) is 24.8 Å². The fourth-order valence-electron chi connectivity index (χ4n) is 2.93. The first-order valence-electron chi connectivity index (χ1n) is 7.02. The van der Waals surface area contributed by atoms with Gasteiger partial charge in [-0.3, -0.25) is 0 Å². The molecule has 1 aliphatic rings. The molecular formula is C15H23NO2S. The molecule has 0 aliphatic carbocycles. The highest BCUT2D eigenvalue weighted by molar-refractivity contribution is 7.91. The van der Waals surface area contributed by atoms with Crippen molar-refractivity contribution in [3.8, 4) is 0 Å². The monoisotopic (exact) mass is 281 g/mol. The molecular weight excluding hydrogens is 258 g/mol. The largest absolute Gasteiger partial charge is 0.317 e. The summed E-state index contributed by atoms with van der Waals surface area (Å²) in [7, 11) is -0.825. The number of hydrogen-bond acceptors (Lipinski definition) is 3. The Kier molecular flexibility index (Phi) is 4.99. The van der Waals surface area contributed by atoms with Gasteiger partial charge in [0.15, 0.2) is 9.84 Å². The second kappa shape index (κ2) is 6.53. The van der Waals surface area contributed by atoms with Crippen molar-refractivity contribution in [3.05, 3.63) is 35.9 Å². The molecule has 19 heavy (non-hydrogen) atoms. The minimum atomic E-state index is -2.77. The van der Waals surface area contributed by atoms with Gasteiger partial charge in [0.2, 0.25) is 0 Å². The molecule has 1 saturated heterocycles. The molecule has 2 atom stereocenters. The van der Waals surface area contributed by atoms with Crippen LogP contribution in [-0.2, 0) is 16.3 Å². The molecule has 0 radical (unpaired) electrons. The summed E-state index contributed by atoms with van der Waals surface area (Å²) in [5.74, 6) is 1.03. The third-order valence-electron chi connectivity index (χ3n) is 4.03. The van der Waals surface area contributed by atoms with Crippen LogP contribution < -0.4 is 5.32 Å². The van der Waals surface area contributed by atoms with E-state index in [0.717, 1.165) is 25.7 Å². The second-order valence-electron chi connectivity index (χ2n) is 5.44. The lowest BCUT2D eigenvalue weighted by Gasteiger charge is -2.21. The van der Waals surface area contributed by atoms with E-state index in [9.17, 15) is 8.42 Å². The fraction of sp³-hybridized carbons (Fsp3) is 0.600. The van der Waals surface area contributed by atoms with Gasteiger partial charge >= 0.3 is 0 Å². The van der Waals surface area contributed by atoms with Gasteiger partial charge in [-0.15, -0.1) is 0 Å². The van der Waals surface area contributed by atoms with Crippen LogP contribution in [0.2, 0.25) is 0 Å². The highest BCUT2D eigenvalue weighted by Crippen LogP contribution is 2.24. The van der Waals surface area contributed by atoms with Gasteiger partial charge in [-0.1, -0.05) is 30.3 Å². The lowest BCUT2D eigenvalue weighted by molar-refractivity contribution is 0.375. The number of benzene rings is 1. The van der Waals surface area contributed by atoms with Crippen molar-refractivity contribution < 1.29 is 8.42 Å². The third kappa shape index (κ3) is 4.32. The summed E-state index contributed by atoms with van der Waals surface area (Å²) in [5.41, 5.74) is 1.36. The molecule has 0 aromatic heterocycles. The van der Waals surface area contributed by atoms with Gasteiger partial charge in [0.1, 0.15) is 0 Å². The van der Waals surface area contributed by atoms with Crippen LogP contribution in [-0.4, -0.2) is 33.0 Å². The molecule has 2 rings (SSSR count). The summed E-state index contributed by atoms with van der Waals surface area (Å²) in [5, 5.41) is 3.30. The Morgan fingerprint density at radius 1 is 1.32 bits per heavy atom. The summed E-state index contributed by atoms with van der Waals surface area (Å²) < 4.78 is 23.1. The minimum absolute atomic E-state index is 0.297. The molecule has 1 N–H and O–H groups in total.